The van der Waals surface area contributed by atoms with Crippen LogP contribution in [0, 0.1) is 17.6 Å². The van der Waals surface area contributed by atoms with Crippen LogP contribution in [0.5, 0.6) is 0 Å². The highest BCUT2D eigenvalue weighted by atomic mass is 35.5. The minimum atomic E-state index is -4.93. The number of alkyl halides is 7. The molecule has 2 N–H and O–H groups in total. The van der Waals surface area contributed by atoms with Crippen LogP contribution in [0.4, 0.5) is 45.3 Å². The summed E-state index contributed by atoms with van der Waals surface area (Å²) in [5.41, 5.74) is -2.67. The Hall–Kier alpha value is -4.90. The summed E-state index contributed by atoms with van der Waals surface area (Å²) < 4.78 is 187. The summed E-state index contributed by atoms with van der Waals surface area (Å²) in [6.07, 6.45) is -7.18. The highest BCUT2D eigenvalue weighted by Crippen LogP contribution is 2.68. The second-order valence-electron chi connectivity index (χ2n) is 18.3. The zero-order valence-electron chi connectivity index (χ0n) is 35.5. The fraction of sp³-hybridized carbons (Fsp3) is 0.488. The summed E-state index contributed by atoms with van der Waals surface area (Å²) in [6, 6.07) is 6.28. The van der Waals surface area contributed by atoms with Crippen LogP contribution >= 0.6 is 11.6 Å². The molecule has 4 aliphatic rings. The van der Waals surface area contributed by atoms with E-state index in [1.807, 2.05) is 0 Å². The van der Waals surface area contributed by atoms with Gasteiger partial charge < -0.3 is 5.32 Å². The van der Waals surface area contributed by atoms with Crippen LogP contribution in [0.1, 0.15) is 105 Å². The van der Waals surface area contributed by atoms with E-state index < -0.39 is 126 Å². The molecule has 2 aromatic carbocycles. The van der Waals surface area contributed by atoms with Crippen molar-refractivity contribution in [3.63, 3.8) is 0 Å². The second-order valence-corrected chi connectivity index (χ2v) is 23.5. The number of hydrogen-bond donors (Lipinski definition) is 2. The van der Waals surface area contributed by atoms with Gasteiger partial charge in [0, 0.05) is 34.4 Å². The molecule has 3 heterocycles. The number of amides is 1. The molecule has 360 valence electrons. The normalized spacial score (nSPS) is 19.7. The molecule has 4 aliphatic carbocycles. The smallest absolute Gasteiger partial charge is 0.346 e. The Balaban J connectivity index is 1.20. The molecule has 1 unspecified atom stereocenters. The molecule has 3 atom stereocenters. The van der Waals surface area contributed by atoms with Gasteiger partial charge in [-0.3, -0.25) is 23.9 Å². The molecule has 24 heteroatoms. The van der Waals surface area contributed by atoms with Crippen molar-refractivity contribution in [3.05, 3.63) is 93.0 Å². The van der Waals surface area contributed by atoms with E-state index in [0.29, 0.717) is 41.1 Å². The van der Waals surface area contributed by atoms with Gasteiger partial charge in [0.1, 0.15) is 36.1 Å². The standard InChI is InChI=1S/C43H41ClF9N7O5S2/c1-41(2,66(62,63)24-4-5-24)12-11-23-3-8-26(27-9-10-30(44)34-37(27)60(19-42(49,50)51)57-40(34)58-67(64,65)25-6-7-25)35(54-23)31(15-20-13-21(45)16-22(46)14-20)55-32(61)18-59-38-33(36(56-59)39(47)48)28-17-29(28)43(38,52)53/h3,8-10,13-14,16,24-25,28-29,31,39H,4-7,11-12,15,17-19H2,1-2H3,(H,55,61)(H,57,58)/t28-,29?,31-/m0/s1. The number of nitrogens with zero attached hydrogens (tertiary/aromatic N) is 5. The number of sulfonamides is 1. The van der Waals surface area contributed by atoms with Crippen LogP contribution in [0.15, 0.2) is 42.5 Å². The van der Waals surface area contributed by atoms with Crippen LogP contribution in [0.2, 0.25) is 5.02 Å². The highest BCUT2D eigenvalue weighted by Gasteiger charge is 2.67. The first-order valence-electron chi connectivity index (χ1n) is 21.3. The molecule has 9 rings (SSSR count). The van der Waals surface area contributed by atoms with Crippen molar-refractivity contribution in [1.29, 1.82) is 0 Å². The number of aryl methyl sites for hydroxylation is 1. The maximum Gasteiger partial charge on any atom is 0.408 e. The number of nitrogens with one attached hydrogen (secondary N) is 2. The van der Waals surface area contributed by atoms with Crippen molar-refractivity contribution in [2.45, 2.75) is 124 Å². The number of carbonyl (C=O) groups excluding carboxylic acids is 1. The Labute approximate surface area is 382 Å². The molecule has 0 saturated heterocycles. The van der Waals surface area contributed by atoms with Crippen LogP contribution in [-0.2, 0) is 56.5 Å². The van der Waals surface area contributed by atoms with E-state index in [1.54, 1.807) is 13.8 Å². The van der Waals surface area contributed by atoms with Gasteiger partial charge in [0.05, 0.1) is 42.9 Å². The van der Waals surface area contributed by atoms with Crippen molar-refractivity contribution < 1.29 is 61.1 Å². The quantitative estimate of drug-likeness (QED) is 0.0874. The van der Waals surface area contributed by atoms with Gasteiger partial charge in [-0.15, -0.1) is 0 Å². The third-order valence-corrected chi connectivity index (χ3v) is 18.1. The molecule has 0 radical (unpaired) electrons. The topological polar surface area (TPSA) is 158 Å². The Kier molecular flexibility index (Phi) is 11.5. The number of pyridine rings is 1. The molecular formula is C43H41ClF9N7O5S2. The summed E-state index contributed by atoms with van der Waals surface area (Å²) in [5.74, 6) is -9.45. The van der Waals surface area contributed by atoms with Gasteiger partial charge in [-0.1, -0.05) is 23.7 Å². The first-order valence-corrected chi connectivity index (χ1v) is 24.7. The molecular weight excluding hydrogens is 965 g/mol. The Morgan fingerprint density at radius 3 is 2.19 bits per heavy atom. The molecule has 0 aliphatic heterocycles. The molecule has 0 spiro atoms. The van der Waals surface area contributed by atoms with Crippen molar-refractivity contribution in [2.24, 2.45) is 5.92 Å². The molecule has 3 fully saturated rings. The number of hydrogen-bond acceptors (Lipinski definition) is 8. The maximum absolute atomic E-state index is 15.6. The molecule has 3 saturated carbocycles. The van der Waals surface area contributed by atoms with Crippen molar-refractivity contribution in [2.75, 3.05) is 4.72 Å². The van der Waals surface area contributed by atoms with Gasteiger partial charge in [0.15, 0.2) is 15.7 Å². The van der Waals surface area contributed by atoms with Crippen molar-refractivity contribution in [1.82, 2.24) is 29.9 Å². The number of aromatic nitrogens is 5. The monoisotopic (exact) mass is 1010 g/mol. The zero-order chi connectivity index (χ0) is 48.3. The van der Waals surface area contributed by atoms with Crippen LogP contribution in [0.3, 0.4) is 0 Å². The highest BCUT2D eigenvalue weighted by molar-refractivity contribution is 7.93. The lowest BCUT2D eigenvalue weighted by molar-refractivity contribution is -0.141. The average Bonchev–Trinajstić information content (AvgIpc) is 4.10. The molecule has 1 amide bonds. The summed E-state index contributed by atoms with van der Waals surface area (Å²) in [4.78, 5) is 19.0. The van der Waals surface area contributed by atoms with Crippen molar-refractivity contribution >= 4 is 54.1 Å². The van der Waals surface area contributed by atoms with E-state index in [9.17, 15) is 52.4 Å². The predicted octanol–water partition coefficient (Wildman–Crippen LogP) is 9.23. The van der Waals surface area contributed by atoms with E-state index in [-0.39, 0.29) is 68.8 Å². The van der Waals surface area contributed by atoms with Gasteiger partial charge in [0.2, 0.25) is 15.9 Å². The molecule has 5 aromatic rings. The lowest BCUT2D eigenvalue weighted by Crippen LogP contribution is -2.36. The Bertz CT molecular complexity index is 3040. The van der Waals surface area contributed by atoms with E-state index in [4.69, 9.17) is 16.6 Å². The number of halogens is 10. The van der Waals surface area contributed by atoms with Gasteiger partial charge in [-0.05, 0) is 101 Å². The lowest BCUT2D eigenvalue weighted by atomic mass is 9.93. The molecule has 67 heavy (non-hydrogen) atoms. The SMILES string of the molecule is CC(C)(CCc1ccc(-c2ccc(Cl)c3c(NS(=O)(=O)C4CC4)nn(CC(F)(F)F)c23)c([C@H](Cc2cc(F)cc(F)c2)NC(=O)Cn2nc(C(F)F)c3c2C(F)(F)C2C[C@H]32)n1)S(=O)(=O)C1CC1. The zero-order valence-corrected chi connectivity index (χ0v) is 37.8. The third kappa shape index (κ3) is 8.99. The van der Waals surface area contributed by atoms with Crippen LogP contribution < -0.4 is 10.0 Å². The number of anilines is 1. The molecule has 3 aromatic heterocycles. The Morgan fingerprint density at radius 2 is 1.57 bits per heavy atom. The van der Waals surface area contributed by atoms with Crippen LogP contribution in [0.25, 0.3) is 22.0 Å². The van der Waals surface area contributed by atoms with E-state index in [0.717, 1.165) is 12.1 Å². The maximum atomic E-state index is 15.6. The Morgan fingerprint density at radius 1 is 0.910 bits per heavy atom. The number of carbonyl (C=O) groups is 1. The summed E-state index contributed by atoms with van der Waals surface area (Å²) >= 11 is 6.61. The minimum Gasteiger partial charge on any atom is -0.346 e. The van der Waals surface area contributed by atoms with Gasteiger partial charge in [-0.25, -0.2) is 34.4 Å². The number of sulfone groups is 1. The second kappa shape index (κ2) is 16.4. The van der Waals surface area contributed by atoms with Gasteiger partial charge in [0.25, 0.3) is 12.3 Å². The fourth-order valence-electron chi connectivity index (χ4n) is 9.13. The first-order chi connectivity index (χ1) is 31.3. The summed E-state index contributed by atoms with van der Waals surface area (Å²) in [6.45, 7) is 0.306. The molecule has 12 nitrogen and oxygen atoms in total. The predicted molar refractivity (Wildman–Crippen MR) is 227 cm³/mol. The van der Waals surface area contributed by atoms with Crippen molar-refractivity contribution in [3.8, 4) is 11.1 Å². The van der Waals surface area contributed by atoms with Gasteiger partial charge in [-0.2, -0.15) is 32.1 Å². The lowest BCUT2D eigenvalue weighted by Gasteiger charge is -2.26. The number of rotatable bonds is 17. The number of fused-ring (bicyclic) bond motifs is 4. The van der Waals surface area contributed by atoms with Gasteiger partial charge >= 0.3 is 6.18 Å². The molecule has 0 bridgehead atoms. The first kappa shape index (κ1) is 47.2. The van der Waals surface area contributed by atoms with E-state index in [1.165, 1.54) is 24.3 Å². The minimum absolute atomic E-state index is 0.0187. The van der Waals surface area contributed by atoms with E-state index >= 15 is 8.78 Å². The summed E-state index contributed by atoms with van der Waals surface area (Å²) in [5, 5.41) is 8.54. The van der Waals surface area contributed by atoms with Crippen LogP contribution in [-0.4, -0.2) is 68.7 Å². The number of benzene rings is 2. The average molecular weight is 1010 g/mol. The fourth-order valence-corrected chi connectivity index (χ4v) is 12.8. The third-order valence-electron chi connectivity index (χ3n) is 12.9. The largest absolute Gasteiger partial charge is 0.408 e. The summed E-state index contributed by atoms with van der Waals surface area (Å²) in [7, 11) is -7.75. The van der Waals surface area contributed by atoms with E-state index in [2.05, 4.69) is 20.2 Å².